The van der Waals surface area contributed by atoms with Crippen LogP contribution >= 0.6 is 24.8 Å². The second-order valence-corrected chi connectivity index (χ2v) is 12.0. The molecule has 0 N–H and O–H groups in total. The van der Waals surface area contributed by atoms with Gasteiger partial charge < -0.3 is 14.9 Å². The molecule has 0 heterocycles. The van der Waals surface area contributed by atoms with Crippen LogP contribution in [0.1, 0.15) is 24.8 Å². The molecular formula is C48H53Cl2Si2Ti2. The quantitative estimate of drug-likeness (QED) is 0.125. The molecule has 0 atom stereocenters. The number of rotatable bonds is 3. The van der Waals surface area contributed by atoms with Gasteiger partial charge in [0.05, 0.1) is 0 Å². The zero-order valence-electron chi connectivity index (χ0n) is 31.6. The van der Waals surface area contributed by atoms with E-state index in [0.717, 1.165) is 19.3 Å². The normalized spacial score (nSPS) is 10.4. The van der Waals surface area contributed by atoms with Gasteiger partial charge in [-0.15, -0.1) is 44.1 Å². The van der Waals surface area contributed by atoms with E-state index in [1.807, 2.05) is 113 Å². The molecular weight excluding hydrogens is 799 g/mol. The van der Waals surface area contributed by atoms with Gasteiger partial charge in [0, 0.05) is 10.2 Å². The largest absolute Gasteiger partial charge is 4.00 e. The van der Waals surface area contributed by atoms with Gasteiger partial charge in [0.1, 0.15) is 9.52 Å². The van der Waals surface area contributed by atoms with Crippen molar-refractivity contribution in [3.05, 3.63) is 257 Å². The third-order valence-corrected chi connectivity index (χ3v) is 8.05. The Balaban J connectivity index is -0.000000175. The Labute approximate surface area is 377 Å². The van der Waals surface area contributed by atoms with Crippen LogP contribution in [0.3, 0.4) is 0 Å². The SMILES string of the molecule is Cl.Cl.[C-]1=CC=CC1.[C-]1=CC=CC1.[C-]1=CC=CC1.[CH3-].[CH3-].[SiH2]Cc1ccccc1.[Ti+3].[Ti+4].[c-]1ccccc1.[c-]1ccccc1.c1ccc([SiH]c2ccccc2)cc1. The molecule has 3 aliphatic rings. The van der Waals surface area contributed by atoms with Gasteiger partial charge in [0.2, 0.25) is 0 Å². The zero-order chi connectivity index (χ0) is 33.8. The van der Waals surface area contributed by atoms with Crippen LogP contribution in [0.5, 0.6) is 0 Å². The predicted octanol–water partition coefficient (Wildman–Crippen LogP) is 10.5. The summed E-state index contributed by atoms with van der Waals surface area (Å²) in [6.45, 7) is 0. The summed E-state index contributed by atoms with van der Waals surface area (Å²) in [5.74, 6) is 0. The Hall–Kier alpha value is -3.02. The number of benzene rings is 5. The molecule has 0 saturated carbocycles. The molecule has 54 heavy (non-hydrogen) atoms. The minimum atomic E-state index is 0. The standard InChI is InChI=1S/C12H11Si.C7H9Si.2C6H5.3C5H5.2CH3.2ClH.2Ti/c1-3-7-11(8-4-1)13-12-9-5-2-6-10-12;8-6-7-4-2-1-3-5-7;2*1-2-4-6-5-3-1;3*1-2-4-5-3-1;;;;;;/h1-10,13H;1-5H,6,8H2;2*1-5H;3*1-3H,4H2;2*1H3;2*1H;;/q;;7*-1;;;+3;+4. The summed E-state index contributed by atoms with van der Waals surface area (Å²) in [5, 5.41) is 2.90. The van der Waals surface area contributed by atoms with Crippen LogP contribution in [0.25, 0.3) is 0 Å². The third kappa shape index (κ3) is 38.7. The second-order valence-electron chi connectivity index (χ2n) is 9.87. The minimum absolute atomic E-state index is 0. The average Bonchev–Trinajstić information content (AvgIpc) is 4.04. The Bertz CT molecular complexity index is 1370. The molecule has 0 bridgehead atoms. The first-order valence-corrected chi connectivity index (χ1v) is 18.3. The van der Waals surface area contributed by atoms with Gasteiger partial charge in [-0.3, -0.25) is 18.2 Å². The van der Waals surface area contributed by atoms with Crippen molar-refractivity contribution in [3.63, 3.8) is 0 Å². The van der Waals surface area contributed by atoms with E-state index in [1.165, 1.54) is 22.0 Å². The van der Waals surface area contributed by atoms with Crippen molar-refractivity contribution in [1.29, 1.82) is 0 Å². The van der Waals surface area contributed by atoms with E-state index in [9.17, 15) is 0 Å². The molecule has 0 aromatic heterocycles. The van der Waals surface area contributed by atoms with Crippen LogP contribution in [0.4, 0.5) is 0 Å². The first kappa shape index (κ1) is 60.2. The first-order chi connectivity index (χ1) is 23.9. The molecule has 6 heteroatoms. The van der Waals surface area contributed by atoms with Crippen molar-refractivity contribution in [2.45, 2.75) is 25.3 Å². The van der Waals surface area contributed by atoms with Crippen molar-refractivity contribution >= 4 is 54.9 Å². The third-order valence-electron chi connectivity index (χ3n) is 6.04. The van der Waals surface area contributed by atoms with Crippen molar-refractivity contribution in [1.82, 2.24) is 0 Å². The van der Waals surface area contributed by atoms with Crippen LogP contribution in [-0.2, 0) is 49.5 Å². The fourth-order valence-electron chi connectivity index (χ4n) is 3.64. The molecule has 0 unspecified atom stereocenters. The molecule has 8 rings (SSSR count). The molecule has 5 aromatic rings. The van der Waals surface area contributed by atoms with E-state index >= 15 is 0 Å². The molecule has 5 aromatic carbocycles. The van der Waals surface area contributed by atoms with E-state index in [2.05, 4.69) is 134 Å². The van der Waals surface area contributed by atoms with Crippen LogP contribution in [0, 0.1) is 45.2 Å². The monoisotopic (exact) mass is 851 g/mol. The number of hydrogen-bond acceptors (Lipinski definition) is 0. The Morgan fingerprint density at radius 3 is 0.926 bits per heavy atom. The number of allylic oxidation sites excluding steroid dienone is 12. The maximum atomic E-state index is 2.99. The summed E-state index contributed by atoms with van der Waals surface area (Å²) in [5.41, 5.74) is 1.42. The molecule has 0 spiro atoms. The number of halogens is 2. The maximum absolute atomic E-state index is 2.99. The van der Waals surface area contributed by atoms with E-state index in [1.54, 1.807) is 0 Å². The van der Waals surface area contributed by atoms with Crippen LogP contribution in [-0.4, -0.2) is 19.8 Å². The summed E-state index contributed by atoms with van der Waals surface area (Å²) in [6.07, 6.45) is 30.0. The van der Waals surface area contributed by atoms with Gasteiger partial charge in [-0.05, 0) is 6.04 Å². The number of hydrogen-bond donors (Lipinski definition) is 0. The summed E-state index contributed by atoms with van der Waals surface area (Å²) in [4.78, 5) is 0. The topological polar surface area (TPSA) is 0 Å². The van der Waals surface area contributed by atoms with E-state index < -0.39 is 0 Å². The maximum Gasteiger partial charge on any atom is 4.00 e. The first-order valence-electron chi connectivity index (χ1n) is 16.1. The molecule has 0 saturated heterocycles. The molecule has 275 valence electrons. The molecule has 3 aliphatic carbocycles. The summed E-state index contributed by atoms with van der Waals surface area (Å²) < 4.78 is 0. The minimum Gasteiger partial charge on any atom is -0.358 e. The molecule has 0 nitrogen and oxygen atoms in total. The van der Waals surface area contributed by atoms with Crippen molar-refractivity contribution in [3.8, 4) is 0 Å². The fourth-order valence-corrected chi connectivity index (χ4v) is 5.19. The predicted molar refractivity (Wildman–Crippen MR) is 241 cm³/mol. The molecule has 0 amide bonds. The van der Waals surface area contributed by atoms with Gasteiger partial charge in [0.15, 0.2) is 0 Å². The van der Waals surface area contributed by atoms with Gasteiger partial charge in [-0.1, -0.05) is 107 Å². The van der Waals surface area contributed by atoms with Gasteiger partial charge in [-0.25, -0.2) is 36.5 Å². The van der Waals surface area contributed by atoms with Crippen LogP contribution in [0.2, 0.25) is 0 Å². The molecule has 3 radical (unpaired) electrons. The van der Waals surface area contributed by atoms with E-state index in [0.29, 0.717) is 0 Å². The van der Waals surface area contributed by atoms with Crippen LogP contribution < -0.4 is 10.4 Å². The van der Waals surface area contributed by atoms with Gasteiger partial charge in [0.25, 0.3) is 0 Å². The van der Waals surface area contributed by atoms with Gasteiger partial charge in [-0.2, -0.15) is 91.0 Å². The Morgan fingerprint density at radius 2 is 0.759 bits per heavy atom. The molecule has 0 aliphatic heterocycles. The van der Waals surface area contributed by atoms with E-state index in [4.69, 9.17) is 0 Å². The van der Waals surface area contributed by atoms with Crippen molar-refractivity contribution < 1.29 is 43.4 Å². The van der Waals surface area contributed by atoms with Crippen molar-refractivity contribution in [2.75, 3.05) is 0 Å². The summed E-state index contributed by atoms with van der Waals surface area (Å²) in [7, 11) is 2.26. The summed E-state index contributed by atoms with van der Waals surface area (Å²) >= 11 is 0. The summed E-state index contributed by atoms with van der Waals surface area (Å²) in [6, 6.07) is 58.0. The fraction of sp³-hybridized carbons (Fsp3) is 0.0833. The Morgan fingerprint density at radius 1 is 0.463 bits per heavy atom. The van der Waals surface area contributed by atoms with E-state index in [-0.39, 0.29) is 92.6 Å². The van der Waals surface area contributed by atoms with Crippen molar-refractivity contribution in [2.24, 2.45) is 0 Å². The van der Waals surface area contributed by atoms with Gasteiger partial charge >= 0.3 is 43.4 Å². The molecule has 0 fully saturated rings. The Kier molecular flexibility index (Phi) is 53.5. The zero-order valence-corrected chi connectivity index (χ0v) is 38.9. The second kappa shape index (κ2) is 48.0. The smallest absolute Gasteiger partial charge is 0.358 e. The van der Waals surface area contributed by atoms with Crippen LogP contribution in [0.15, 0.2) is 206 Å². The average molecular weight is 853 g/mol.